The van der Waals surface area contributed by atoms with Crippen molar-refractivity contribution in [2.45, 2.75) is 25.2 Å². The van der Waals surface area contributed by atoms with Crippen molar-refractivity contribution in [2.24, 2.45) is 0 Å². The number of urea groups is 1. The Morgan fingerprint density at radius 2 is 2.04 bits per heavy atom. The summed E-state index contributed by atoms with van der Waals surface area (Å²) in [5, 5.41) is 9.72. The van der Waals surface area contributed by atoms with Crippen molar-refractivity contribution in [3.63, 3.8) is 0 Å². The molecule has 2 N–H and O–H groups in total. The van der Waals surface area contributed by atoms with Gasteiger partial charge in [0, 0.05) is 23.4 Å². The predicted octanol–water partition coefficient (Wildman–Crippen LogP) is 4.19. The molecule has 0 aliphatic heterocycles. The fourth-order valence-electron chi connectivity index (χ4n) is 2.79. The Hall–Kier alpha value is -3.35. The zero-order valence-electron chi connectivity index (χ0n) is 14.9. The van der Waals surface area contributed by atoms with Crippen LogP contribution in [0.1, 0.15) is 36.0 Å². The smallest absolute Gasteiger partial charge is 0.323 e. The van der Waals surface area contributed by atoms with E-state index in [2.05, 4.69) is 20.8 Å². The lowest BCUT2D eigenvalue weighted by Crippen LogP contribution is -2.20. The summed E-state index contributed by atoms with van der Waals surface area (Å²) < 4.78 is 10.5. The van der Waals surface area contributed by atoms with Crippen LogP contribution in [0, 0.1) is 0 Å². The Bertz CT molecular complexity index is 950. The van der Waals surface area contributed by atoms with Crippen molar-refractivity contribution in [1.29, 1.82) is 0 Å². The highest BCUT2D eigenvalue weighted by atomic mass is 16.5. The van der Waals surface area contributed by atoms with E-state index < -0.39 is 0 Å². The van der Waals surface area contributed by atoms with Crippen LogP contribution in [0.3, 0.4) is 0 Å². The number of nitrogens with one attached hydrogen (secondary N) is 2. The normalized spacial score (nSPS) is 13.2. The van der Waals surface area contributed by atoms with E-state index in [1.165, 1.54) is 0 Å². The van der Waals surface area contributed by atoms with E-state index in [1.807, 2.05) is 36.4 Å². The van der Waals surface area contributed by atoms with Crippen molar-refractivity contribution < 1.29 is 14.1 Å². The number of rotatable bonds is 6. The first-order chi connectivity index (χ1) is 13.2. The van der Waals surface area contributed by atoms with Gasteiger partial charge in [0.25, 0.3) is 0 Å². The number of hydrogen-bond acceptors (Lipinski definition) is 5. The van der Waals surface area contributed by atoms with E-state index in [0.717, 1.165) is 24.2 Å². The topological polar surface area (TPSA) is 89.3 Å². The lowest BCUT2D eigenvalue weighted by atomic mass is 10.1. The summed E-state index contributed by atoms with van der Waals surface area (Å²) in [7, 11) is 1.58. The molecule has 3 aromatic rings. The number of aromatic nitrogens is 2. The molecular formula is C20H20N4O3. The van der Waals surface area contributed by atoms with Crippen molar-refractivity contribution >= 4 is 17.4 Å². The summed E-state index contributed by atoms with van der Waals surface area (Å²) in [4.78, 5) is 16.8. The first kappa shape index (κ1) is 17.1. The van der Waals surface area contributed by atoms with Gasteiger partial charge in [-0.3, -0.25) is 0 Å². The average molecular weight is 364 g/mol. The number of methoxy groups -OCH3 is 1. The number of carbonyl (C=O) groups excluding carboxylic acids is 1. The van der Waals surface area contributed by atoms with Crippen LogP contribution in [0.25, 0.3) is 0 Å². The van der Waals surface area contributed by atoms with Crippen LogP contribution in [0.2, 0.25) is 0 Å². The molecule has 138 valence electrons. The Morgan fingerprint density at radius 1 is 1.19 bits per heavy atom. The maximum atomic E-state index is 12.4. The first-order valence-corrected chi connectivity index (χ1v) is 8.84. The Morgan fingerprint density at radius 3 is 2.85 bits per heavy atom. The van der Waals surface area contributed by atoms with Gasteiger partial charge in [-0.05, 0) is 36.6 Å². The van der Waals surface area contributed by atoms with Gasteiger partial charge in [0.05, 0.1) is 13.5 Å². The van der Waals surface area contributed by atoms with Gasteiger partial charge in [-0.15, -0.1) is 0 Å². The summed E-state index contributed by atoms with van der Waals surface area (Å²) in [6.45, 7) is 0. The Kier molecular flexibility index (Phi) is 4.74. The summed E-state index contributed by atoms with van der Waals surface area (Å²) >= 11 is 0. The van der Waals surface area contributed by atoms with Crippen molar-refractivity contribution in [2.75, 3.05) is 17.7 Å². The molecule has 0 atom stereocenters. The second kappa shape index (κ2) is 7.49. The average Bonchev–Trinajstić information content (AvgIpc) is 3.43. The summed E-state index contributed by atoms with van der Waals surface area (Å²) in [5.74, 6) is 2.46. The third-order valence-corrected chi connectivity index (χ3v) is 4.36. The van der Waals surface area contributed by atoms with Crippen LogP contribution in [-0.4, -0.2) is 23.3 Å². The third kappa shape index (κ3) is 4.25. The number of anilines is 2. The molecule has 2 amide bonds. The number of para-hydroxylation sites is 1. The highest BCUT2D eigenvalue weighted by Gasteiger charge is 2.28. The number of amides is 2. The van der Waals surface area contributed by atoms with Gasteiger partial charge in [-0.1, -0.05) is 29.4 Å². The molecule has 0 spiro atoms. The molecule has 1 fully saturated rings. The summed E-state index contributed by atoms with van der Waals surface area (Å²) in [6.07, 6.45) is 2.72. The van der Waals surface area contributed by atoms with E-state index in [9.17, 15) is 4.79 Å². The van der Waals surface area contributed by atoms with Gasteiger partial charge in [0.15, 0.2) is 5.82 Å². The van der Waals surface area contributed by atoms with Crippen LogP contribution in [0.4, 0.5) is 16.2 Å². The molecule has 27 heavy (non-hydrogen) atoms. The summed E-state index contributed by atoms with van der Waals surface area (Å²) in [5.41, 5.74) is 2.25. The van der Waals surface area contributed by atoms with Gasteiger partial charge in [-0.25, -0.2) is 4.79 Å². The van der Waals surface area contributed by atoms with Crippen LogP contribution in [-0.2, 0) is 6.42 Å². The third-order valence-electron chi connectivity index (χ3n) is 4.36. The van der Waals surface area contributed by atoms with E-state index in [0.29, 0.717) is 35.4 Å². The van der Waals surface area contributed by atoms with Crippen LogP contribution in [0.5, 0.6) is 5.75 Å². The molecule has 2 aromatic carbocycles. The van der Waals surface area contributed by atoms with E-state index in [-0.39, 0.29) is 6.03 Å². The zero-order chi connectivity index (χ0) is 18.6. The maximum Gasteiger partial charge on any atom is 0.323 e. The molecule has 1 aliphatic rings. The number of hydrogen-bond donors (Lipinski definition) is 2. The fraction of sp³-hybridized carbons (Fsp3) is 0.250. The van der Waals surface area contributed by atoms with Crippen LogP contribution >= 0.6 is 0 Å². The number of nitrogens with zero attached hydrogens (tertiary/aromatic N) is 2. The molecule has 1 aliphatic carbocycles. The van der Waals surface area contributed by atoms with E-state index in [4.69, 9.17) is 9.26 Å². The quantitative estimate of drug-likeness (QED) is 0.684. The minimum atomic E-state index is -0.333. The molecule has 1 saturated carbocycles. The van der Waals surface area contributed by atoms with Gasteiger partial charge >= 0.3 is 6.03 Å². The van der Waals surface area contributed by atoms with E-state index in [1.54, 1.807) is 19.2 Å². The molecule has 1 heterocycles. The number of ether oxygens (including phenoxy) is 1. The largest absolute Gasteiger partial charge is 0.497 e. The molecular weight excluding hydrogens is 344 g/mol. The predicted molar refractivity (Wildman–Crippen MR) is 101 cm³/mol. The van der Waals surface area contributed by atoms with Gasteiger partial charge in [0.1, 0.15) is 5.75 Å². The van der Waals surface area contributed by atoms with Crippen molar-refractivity contribution in [3.8, 4) is 5.75 Å². The first-order valence-electron chi connectivity index (χ1n) is 8.84. The van der Waals surface area contributed by atoms with Crippen molar-refractivity contribution in [1.82, 2.24) is 10.1 Å². The second-order valence-electron chi connectivity index (χ2n) is 6.47. The molecule has 7 nitrogen and oxygen atoms in total. The molecule has 0 radical (unpaired) electrons. The minimum absolute atomic E-state index is 0.333. The maximum absolute atomic E-state index is 12.4. The van der Waals surface area contributed by atoms with Crippen molar-refractivity contribution in [3.05, 3.63) is 65.8 Å². The SMILES string of the molecule is COc1cccc(NC(=O)Nc2ccccc2Cc2nc(C3CC3)no2)c1. The highest BCUT2D eigenvalue weighted by molar-refractivity contribution is 6.00. The lowest BCUT2D eigenvalue weighted by molar-refractivity contribution is 0.262. The molecule has 4 rings (SSSR count). The zero-order valence-corrected chi connectivity index (χ0v) is 14.9. The Labute approximate surface area is 156 Å². The molecule has 0 bridgehead atoms. The minimum Gasteiger partial charge on any atom is -0.497 e. The number of carbonyl (C=O) groups is 1. The standard InChI is InChI=1S/C20H20N4O3/c1-26-16-7-4-6-15(12-16)21-20(25)22-17-8-3-2-5-14(17)11-18-23-19(24-27-18)13-9-10-13/h2-8,12-13H,9-11H2,1H3,(H2,21,22,25). The second-order valence-corrected chi connectivity index (χ2v) is 6.47. The van der Waals surface area contributed by atoms with Gasteiger partial charge in [0.2, 0.25) is 5.89 Å². The Balaban J connectivity index is 1.44. The van der Waals surface area contributed by atoms with Crippen LogP contribution in [0.15, 0.2) is 53.1 Å². The molecule has 7 heteroatoms. The van der Waals surface area contributed by atoms with Gasteiger partial charge in [-0.2, -0.15) is 4.98 Å². The lowest BCUT2D eigenvalue weighted by Gasteiger charge is -2.11. The molecule has 0 saturated heterocycles. The fourth-order valence-corrected chi connectivity index (χ4v) is 2.79. The number of benzene rings is 2. The van der Waals surface area contributed by atoms with E-state index >= 15 is 0 Å². The molecule has 0 unspecified atom stereocenters. The van der Waals surface area contributed by atoms with Gasteiger partial charge < -0.3 is 19.9 Å². The highest BCUT2D eigenvalue weighted by Crippen LogP contribution is 2.38. The monoisotopic (exact) mass is 364 g/mol. The van der Waals surface area contributed by atoms with Crippen LogP contribution < -0.4 is 15.4 Å². The molecule has 1 aromatic heterocycles. The summed E-state index contributed by atoms with van der Waals surface area (Å²) in [6, 6.07) is 14.4.